The third-order valence-electron chi connectivity index (χ3n) is 1.25. The molecule has 8 heteroatoms. The highest BCUT2D eigenvalue weighted by Gasteiger charge is 2.25. The lowest BCUT2D eigenvalue weighted by atomic mass is 10.3. The van der Waals surface area contributed by atoms with E-state index < -0.39 is 37.0 Å². The Morgan fingerprint density at radius 3 is 2.25 bits per heavy atom. The third kappa shape index (κ3) is 6.80. The van der Waals surface area contributed by atoms with Crippen LogP contribution >= 0.6 is 0 Å². The minimum absolute atomic E-state index is 0.213. The Hall–Kier alpha value is -1.60. The van der Waals surface area contributed by atoms with Crippen molar-refractivity contribution in [2.75, 3.05) is 13.7 Å². The maximum Gasteiger partial charge on any atom is 0.417 e. The molecule has 0 bridgehead atoms. The highest BCUT2D eigenvalue weighted by molar-refractivity contribution is 6.29. The summed E-state index contributed by atoms with van der Waals surface area (Å²) in [5, 5.41) is 0. The molecule has 0 spiro atoms. The molecule has 4 nitrogen and oxygen atoms in total. The molecule has 16 heavy (non-hydrogen) atoms. The van der Waals surface area contributed by atoms with Gasteiger partial charge in [-0.3, -0.25) is 0 Å². The van der Waals surface area contributed by atoms with E-state index in [-0.39, 0.29) is 6.08 Å². The van der Waals surface area contributed by atoms with E-state index in [4.69, 9.17) is 0 Å². The number of ether oxygens (including phenoxy) is 2. The summed E-state index contributed by atoms with van der Waals surface area (Å²) in [5.41, 5.74) is 0. The fourth-order valence-corrected chi connectivity index (χ4v) is 0.562. The average molecular weight is 244 g/mol. The van der Waals surface area contributed by atoms with Gasteiger partial charge in [-0.1, -0.05) is 0 Å². The molecule has 0 unspecified atom stereocenters. The van der Waals surface area contributed by atoms with Gasteiger partial charge in [-0.05, 0) is 6.08 Å². The zero-order chi connectivity index (χ0) is 12.8. The van der Waals surface area contributed by atoms with Gasteiger partial charge in [0.05, 0.1) is 13.5 Å². The second-order valence-corrected chi connectivity index (χ2v) is 2.54. The van der Waals surface area contributed by atoms with Crippen LogP contribution in [0.4, 0.5) is 17.6 Å². The first-order valence-electron chi connectivity index (χ1n) is 3.92. The zero-order valence-corrected chi connectivity index (χ0v) is 8.14. The fraction of sp³-hybridized carbons (Fsp3) is 0.500. The van der Waals surface area contributed by atoms with Crippen LogP contribution in [-0.4, -0.2) is 31.8 Å². The van der Waals surface area contributed by atoms with E-state index in [1.165, 1.54) is 0 Å². The van der Waals surface area contributed by atoms with E-state index >= 15 is 0 Å². The maximum absolute atomic E-state index is 12.6. The minimum Gasteiger partial charge on any atom is -0.461 e. The van der Waals surface area contributed by atoms with Crippen LogP contribution in [0.15, 0.2) is 11.9 Å². The van der Waals surface area contributed by atoms with Gasteiger partial charge in [0.2, 0.25) is 0 Å². The Morgan fingerprint density at radius 1 is 1.25 bits per heavy atom. The average Bonchev–Trinajstić information content (AvgIpc) is 2.20. The monoisotopic (exact) mass is 244 g/mol. The van der Waals surface area contributed by atoms with Crippen molar-refractivity contribution in [3.8, 4) is 0 Å². The maximum atomic E-state index is 12.6. The van der Waals surface area contributed by atoms with Crippen LogP contribution in [0.3, 0.4) is 0 Å². The van der Waals surface area contributed by atoms with E-state index in [9.17, 15) is 27.2 Å². The van der Waals surface area contributed by atoms with Gasteiger partial charge >= 0.3 is 18.1 Å². The van der Waals surface area contributed by atoms with Gasteiger partial charge < -0.3 is 9.47 Å². The lowest BCUT2D eigenvalue weighted by molar-refractivity contribution is -0.165. The number of methoxy groups -OCH3 is 1. The fourth-order valence-electron chi connectivity index (χ4n) is 0.562. The second kappa shape index (κ2) is 6.09. The smallest absolute Gasteiger partial charge is 0.417 e. The molecule has 0 aliphatic carbocycles. The third-order valence-corrected chi connectivity index (χ3v) is 1.25. The summed E-state index contributed by atoms with van der Waals surface area (Å²) in [6.07, 6.45) is -5.80. The molecule has 0 saturated heterocycles. The van der Waals surface area contributed by atoms with E-state index in [0.717, 1.165) is 7.11 Å². The van der Waals surface area contributed by atoms with Crippen molar-refractivity contribution in [1.29, 1.82) is 0 Å². The number of alkyl halides is 3. The highest BCUT2D eigenvalue weighted by Crippen LogP contribution is 2.20. The van der Waals surface area contributed by atoms with Crippen molar-refractivity contribution >= 4 is 11.9 Å². The molecule has 92 valence electrons. The first-order valence-corrected chi connectivity index (χ1v) is 3.92. The first kappa shape index (κ1) is 14.4. The van der Waals surface area contributed by atoms with Crippen LogP contribution in [0.2, 0.25) is 0 Å². The van der Waals surface area contributed by atoms with Gasteiger partial charge in [-0.15, -0.1) is 0 Å². The van der Waals surface area contributed by atoms with Gasteiger partial charge in [0, 0.05) is 0 Å². The summed E-state index contributed by atoms with van der Waals surface area (Å²) >= 11 is 0. The van der Waals surface area contributed by atoms with Crippen LogP contribution < -0.4 is 0 Å². The summed E-state index contributed by atoms with van der Waals surface area (Å²) in [7, 11) is 0.902. The molecule has 0 rings (SSSR count). The van der Waals surface area contributed by atoms with Gasteiger partial charge in [-0.2, -0.15) is 13.2 Å². The summed E-state index contributed by atoms with van der Waals surface area (Å²) < 4.78 is 55.3. The van der Waals surface area contributed by atoms with Crippen molar-refractivity contribution in [3.63, 3.8) is 0 Å². The molecule has 0 radical (unpaired) electrons. The van der Waals surface area contributed by atoms with Gasteiger partial charge in [-0.25, -0.2) is 14.0 Å². The summed E-state index contributed by atoms with van der Waals surface area (Å²) in [4.78, 5) is 21.0. The number of allylic oxidation sites excluding steroid dienone is 1. The number of carbonyl (C=O) groups is 2. The van der Waals surface area contributed by atoms with E-state index in [1.807, 2.05) is 0 Å². The number of hydrogen-bond donors (Lipinski definition) is 0. The minimum atomic E-state index is -4.54. The van der Waals surface area contributed by atoms with Crippen LogP contribution in [0.1, 0.15) is 6.42 Å². The van der Waals surface area contributed by atoms with E-state index in [2.05, 4.69) is 9.47 Å². The SMILES string of the molecule is COC(=O)C(=O)OC/C(F)=C/CC(F)(F)F. The van der Waals surface area contributed by atoms with Crippen LogP contribution in [0.25, 0.3) is 0 Å². The van der Waals surface area contributed by atoms with E-state index in [1.54, 1.807) is 0 Å². The molecule has 0 amide bonds. The molecular formula is C8H8F4O4. The Morgan fingerprint density at radius 2 is 1.81 bits per heavy atom. The number of halogens is 4. The molecule has 0 aromatic rings. The van der Waals surface area contributed by atoms with Crippen molar-refractivity contribution in [3.05, 3.63) is 11.9 Å². The molecule has 0 atom stereocenters. The van der Waals surface area contributed by atoms with Gasteiger partial charge in [0.15, 0.2) is 0 Å². The predicted octanol–water partition coefficient (Wildman–Crippen LogP) is 1.51. The molecule has 0 N–H and O–H groups in total. The van der Waals surface area contributed by atoms with Crippen LogP contribution in [0, 0.1) is 0 Å². The second-order valence-electron chi connectivity index (χ2n) is 2.54. The Labute approximate surface area is 87.8 Å². The quantitative estimate of drug-likeness (QED) is 0.429. The number of carbonyl (C=O) groups excluding carboxylic acids is 2. The van der Waals surface area contributed by atoms with E-state index in [0.29, 0.717) is 0 Å². The number of rotatable bonds is 3. The standard InChI is InChI=1S/C8H8F4O4/c1-15-6(13)7(14)16-4-5(9)2-3-8(10,11)12/h2H,3-4H2,1H3/b5-2-. The molecule has 0 fully saturated rings. The van der Waals surface area contributed by atoms with Crippen molar-refractivity contribution in [2.45, 2.75) is 12.6 Å². The Balaban J connectivity index is 4.03. The van der Waals surface area contributed by atoms with Crippen molar-refractivity contribution < 1.29 is 36.6 Å². The molecule has 0 saturated carbocycles. The van der Waals surface area contributed by atoms with Gasteiger partial charge in [0.1, 0.15) is 12.4 Å². The lowest BCUT2D eigenvalue weighted by Crippen LogP contribution is -2.19. The highest BCUT2D eigenvalue weighted by atomic mass is 19.4. The molecule has 0 aromatic heterocycles. The lowest BCUT2D eigenvalue weighted by Gasteiger charge is -2.03. The summed E-state index contributed by atoms with van der Waals surface area (Å²) in [6, 6.07) is 0. The first-order chi connectivity index (χ1) is 7.26. The summed E-state index contributed by atoms with van der Waals surface area (Å²) in [6.45, 7) is -1.04. The molecule has 0 aliphatic rings. The topological polar surface area (TPSA) is 52.6 Å². The molecular weight excluding hydrogens is 236 g/mol. The zero-order valence-electron chi connectivity index (χ0n) is 8.14. The molecule has 0 heterocycles. The van der Waals surface area contributed by atoms with Crippen molar-refractivity contribution in [1.82, 2.24) is 0 Å². The van der Waals surface area contributed by atoms with Crippen LogP contribution in [0.5, 0.6) is 0 Å². The molecule has 0 aliphatic heterocycles. The summed E-state index contributed by atoms with van der Waals surface area (Å²) in [5.74, 6) is -4.13. The van der Waals surface area contributed by atoms with Crippen LogP contribution in [-0.2, 0) is 19.1 Å². The predicted molar refractivity (Wildman–Crippen MR) is 42.8 cm³/mol. The number of hydrogen-bond acceptors (Lipinski definition) is 4. The largest absolute Gasteiger partial charge is 0.461 e. The van der Waals surface area contributed by atoms with Crippen molar-refractivity contribution in [2.24, 2.45) is 0 Å². The number of esters is 2. The van der Waals surface area contributed by atoms with Gasteiger partial charge in [0.25, 0.3) is 0 Å². The normalized spacial score (nSPS) is 12.2. The molecule has 0 aromatic carbocycles. The Kier molecular flexibility index (Phi) is 5.48. The Bertz CT molecular complexity index is 295.